The lowest BCUT2D eigenvalue weighted by Gasteiger charge is -2.25. The van der Waals surface area contributed by atoms with Crippen molar-refractivity contribution in [3.05, 3.63) is 71.9 Å². The molecule has 10 heteroatoms. The molecule has 244 valence electrons. The topological polar surface area (TPSA) is 89.5 Å². The summed E-state index contributed by atoms with van der Waals surface area (Å²) in [5, 5.41) is 7.50. The molecule has 2 aromatic carbocycles. The van der Waals surface area contributed by atoms with Crippen LogP contribution < -0.4 is 15.4 Å². The number of aryl methyl sites for hydroxylation is 1. The number of hydrogen-bond acceptors (Lipinski definition) is 8. The number of carbonyl (C=O) groups excluding carboxylic acids is 1. The van der Waals surface area contributed by atoms with Gasteiger partial charge >= 0.3 is 0 Å². The molecule has 0 spiro atoms. The molecular weight excluding hydrogens is 570 g/mol. The van der Waals surface area contributed by atoms with Gasteiger partial charge in [-0.1, -0.05) is 24.8 Å². The molecule has 1 unspecified atom stereocenters. The number of anilines is 1. The first-order valence-electron chi connectivity index (χ1n) is 16.0. The summed E-state index contributed by atoms with van der Waals surface area (Å²) in [6.45, 7) is 11.5. The van der Waals surface area contributed by atoms with Crippen LogP contribution in [0.2, 0.25) is 0 Å². The average Bonchev–Trinajstić information content (AvgIpc) is 3.77. The van der Waals surface area contributed by atoms with Crippen molar-refractivity contribution in [3.63, 3.8) is 0 Å². The highest BCUT2D eigenvalue weighted by atomic mass is 16.5. The van der Waals surface area contributed by atoms with Crippen molar-refractivity contribution in [3.8, 4) is 5.75 Å². The number of fused-ring (bicyclic) bond motifs is 2. The lowest BCUT2D eigenvalue weighted by Crippen LogP contribution is -2.34. The fourth-order valence-electron chi connectivity index (χ4n) is 6.45. The van der Waals surface area contributed by atoms with Gasteiger partial charge < -0.3 is 39.0 Å². The van der Waals surface area contributed by atoms with Crippen molar-refractivity contribution in [1.29, 1.82) is 0 Å². The summed E-state index contributed by atoms with van der Waals surface area (Å²) >= 11 is 0. The summed E-state index contributed by atoms with van der Waals surface area (Å²) in [5.41, 5.74) is 6.55. The molecule has 1 amide bonds. The summed E-state index contributed by atoms with van der Waals surface area (Å²) in [7, 11) is 6.57. The molecule has 0 radical (unpaired) electrons. The fraction of sp³-hybridized carbons (Fsp3) is 0.514. The van der Waals surface area contributed by atoms with Crippen molar-refractivity contribution in [2.45, 2.75) is 24.9 Å². The number of ether oxygens (including phenoxy) is 4. The quantitative estimate of drug-likeness (QED) is 0.166. The van der Waals surface area contributed by atoms with Crippen LogP contribution in [0.5, 0.6) is 5.75 Å². The van der Waals surface area contributed by atoms with Crippen LogP contribution in [0.1, 0.15) is 22.6 Å². The molecule has 2 N–H and O–H groups in total. The zero-order valence-electron chi connectivity index (χ0n) is 27.1. The van der Waals surface area contributed by atoms with Crippen molar-refractivity contribution in [2.24, 2.45) is 7.05 Å². The first kappa shape index (κ1) is 33.0. The monoisotopic (exact) mass is 619 g/mol. The molecule has 0 saturated carbocycles. The van der Waals surface area contributed by atoms with E-state index in [0.717, 1.165) is 50.6 Å². The minimum absolute atomic E-state index is 0.195. The maximum Gasteiger partial charge on any atom is 0.243 e. The van der Waals surface area contributed by atoms with Gasteiger partial charge in [0.05, 0.1) is 51.8 Å². The van der Waals surface area contributed by atoms with Crippen LogP contribution in [-0.2, 0) is 39.0 Å². The number of nitrogens with zero attached hydrogens (tertiary/aromatic N) is 3. The zero-order valence-corrected chi connectivity index (χ0v) is 27.1. The second kappa shape index (κ2) is 16.2. The maximum absolute atomic E-state index is 11.1. The number of rotatable bonds is 18. The Balaban J connectivity index is 1.06. The summed E-state index contributed by atoms with van der Waals surface area (Å²) in [6.07, 6.45) is 4.59. The standard InChI is InChI=1S/C35H49N5O5/c1-5-35(41)37-13-16-43-18-20-44-19-17-42-15-12-36-27-9-10-29-30(23-39(4)32(29)21-27)31-24-40(25-33(31)38(2)3)22-26-7-6-8-34-28(26)11-14-45-34/h5-10,21,23,31,33,36H,1,11-20,22,24-25H2,2-4H3,(H,37,41)/t31-,33?/m1/s1. The van der Waals surface area contributed by atoms with Gasteiger partial charge in [0, 0.05) is 81.0 Å². The third kappa shape index (κ3) is 8.65. The van der Waals surface area contributed by atoms with Crippen molar-refractivity contribution >= 4 is 22.5 Å². The Kier molecular flexibility index (Phi) is 11.9. The van der Waals surface area contributed by atoms with E-state index in [1.165, 1.54) is 33.7 Å². The Bertz CT molecular complexity index is 1420. The highest BCUT2D eigenvalue weighted by molar-refractivity contribution is 5.88. The normalized spacial score (nSPS) is 18.0. The van der Waals surface area contributed by atoms with Gasteiger partial charge in [0.1, 0.15) is 5.75 Å². The average molecular weight is 620 g/mol. The number of amides is 1. The third-order valence-electron chi connectivity index (χ3n) is 8.73. The molecule has 5 rings (SSSR count). The second-order valence-electron chi connectivity index (χ2n) is 12.0. The van der Waals surface area contributed by atoms with Crippen LogP contribution in [0.3, 0.4) is 0 Å². The second-order valence-corrected chi connectivity index (χ2v) is 12.0. The van der Waals surface area contributed by atoms with Gasteiger partial charge in [-0.25, -0.2) is 0 Å². The molecule has 45 heavy (non-hydrogen) atoms. The molecular formula is C35H49N5O5. The molecule has 2 atom stereocenters. The Labute approximate surface area is 267 Å². The predicted octanol–water partition coefficient (Wildman–Crippen LogP) is 3.41. The molecule has 2 aliphatic heterocycles. The summed E-state index contributed by atoms with van der Waals surface area (Å²) in [4.78, 5) is 16.1. The van der Waals surface area contributed by atoms with Gasteiger partial charge in [0.2, 0.25) is 5.91 Å². The van der Waals surface area contributed by atoms with Crippen LogP contribution in [0.4, 0.5) is 5.69 Å². The van der Waals surface area contributed by atoms with Gasteiger partial charge in [0.25, 0.3) is 0 Å². The number of hydrogen-bond donors (Lipinski definition) is 2. The van der Waals surface area contributed by atoms with E-state index in [9.17, 15) is 4.79 Å². The number of benzene rings is 2. The molecule has 10 nitrogen and oxygen atoms in total. The van der Waals surface area contributed by atoms with E-state index >= 15 is 0 Å². The van der Waals surface area contributed by atoms with E-state index < -0.39 is 0 Å². The highest BCUT2D eigenvalue weighted by Gasteiger charge is 2.37. The minimum Gasteiger partial charge on any atom is -0.493 e. The summed E-state index contributed by atoms with van der Waals surface area (Å²) in [6, 6.07) is 13.7. The molecule has 2 aliphatic rings. The van der Waals surface area contributed by atoms with E-state index in [2.05, 4.69) is 95.3 Å². The Morgan fingerprint density at radius 3 is 2.56 bits per heavy atom. The van der Waals surface area contributed by atoms with E-state index in [-0.39, 0.29) is 5.91 Å². The van der Waals surface area contributed by atoms with Crippen molar-refractivity contribution in [1.82, 2.24) is 19.7 Å². The largest absolute Gasteiger partial charge is 0.493 e. The van der Waals surface area contributed by atoms with E-state index in [1.807, 2.05) is 0 Å². The van der Waals surface area contributed by atoms with Crippen molar-refractivity contribution < 1.29 is 23.7 Å². The van der Waals surface area contributed by atoms with Crippen LogP contribution in [-0.4, -0.2) is 113 Å². The number of likely N-dealkylation sites (tertiary alicyclic amines) is 1. The number of aromatic nitrogens is 1. The van der Waals surface area contributed by atoms with E-state index in [1.54, 1.807) is 0 Å². The fourth-order valence-corrected chi connectivity index (χ4v) is 6.45. The first-order chi connectivity index (χ1) is 21.9. The lowest BCUT2D eigenvalue weighted by atomic mass is 9.93. The molecule has 0 aliphatic carbocycles. The van der Waals surface area contributed by atoms with Gasteiger partial charge in [-0.05, 0) is 49.5 Å². The SMILES string of the molecule is C=CC(=O)NCCOCCOCCOCCNc1ccc2c([C@H]3CN(Cc4cccc5c4CCO5)CC3N(C)C)cn(C)c2c1. The Morgan fingerprint density at radius 2 is 1.80 bits per heavy atom. The summed E-state index contributed by atoms with van der Waals surface area (Å²) < 4.78 is 24.8. The number of carbonyl (C=O) groups is 1. The first-order valence-corrected chi connectivity index (χ1v) is 16.0. The van der Waals surface area contributed by atoms with Gasteiger partial charge in [0.15, 0.2) is 0 Å². The lowest BCUT2D eigenvalue weighted by molar-refractivity contribution is -0.116. The molecule has 1 aromatic heterocycles. The van der Waals surface area contributed by atoms with Crippen LogP contribution in [0.15, 0.2) is 55.3 Å². The van der Waals surface area contributed by atoms with Gasteiger partial charge in [-0.3, -0.25) is 9.69 Å². The summed E-state index contributed by atoms with van der Waals surface area (Å²) in [5.74, 6) is 1.30. The van der Waals surface area contributed by atoms with Gasteiger partial charge in [-0.15, -0.1) is 0 Å². The van der Waals surface area contributed by atoms with E-state index in [0.29, 0.717) is 58.1 Å². The molecule has 3 heterocycles. The smallest absolute Gasteiger partial charge is 0.243 e. The minimum atomic E-state index is -0.195. The molecule has 1 fully saturated rings. The number of likely N-dealkylation sites (N-methyl/N-ethyl adjacent to an activating group) is 1. The van der Waals surface area contributed by atoms with Gasteiger partial charge in [-0.2, -0.15) is 0 Å². The highest BCUT2D eigenvalue weighted by Crippen LogP contribution is 2.38. The third-order valence-corrected chi connectivity index (χ3v) is 8.73. The van der Waals surface area contributed by atoms with Crippen LogP contribution in [0, 0.1) is 0 Å². The molecule has 1 saturated heterocycles. The Hall–Kier alpha value is -3.41. The zero-order chi connectivity index (χ0) is 31.6. The van der Waals surface area contributed by atoms with Crippen molar-refractivity contribution in [2.75, 3.05) is 91.8 Å². The molecule has 3 aromatic rings. The van der Waals surface area contributed by atoms with E-state index in [4.69, 9.17) is 18.9 Å². The number of nitrogens with one attached hydrogen (secondary N) is 2. The Morgan fingerprint density at radius 1 is 1.04 bits per heavy atom. The van der Waals surface area contributed by atoms with Crippen LogP contribution in [0.25, 0.3) is 10.9 Å². The van der Waals surface area contributed by atoms with Crippen LogP contribution >= 0.6 is 0 Å². The molecule has 0 bridgehead atoms. The predicted molar refractivity (Wildman–Crippen MR) is 178 cm³/mol. The maximum atomic E-state index is 11.1.